The lowest BCUT2D eigenvalue weighted by Crippen LogP contribution is -2.36. The lowest BCUT2D eigenvalue weighted by molar-refractivity contribution is -0.385. The first-order valence-electron chi connectivity index (χ1n) is 8.27. The molecule has 25 heavy (non-hydrogen) atoms. The van der Waals surface area contributed by atoms with Gasteiger partial charge >= 0.3 is 0 Å². The molecule has 0 aliphatic heterocycles. The van der Waals surface area contributed by atoms with Crippen LogP contribution in [0.2, 0.25) is 0 Å². The third kappa shape index (κ3) is 3.74. The molecule has 1 N–H and O–H groups in total. The molecule has 0 heterocycles. The Morgan fingerprint density at radius 2 is 1.92 bits per heavy atom. The highest BCUT2D eigenvalue weighted by Gasteiger charge is 2.31. The summed E-state index contributed by atoms with van der Waals surface area (Å²) < 4.78 is 0.976. The molecular weight excluding hydrogens is 384 g/mol. The van der Waals surface area contributed by atoms with E-state index < -0.39 is 10.8 Å². The average molecular weight is 403 g/mol. The standard InChI is InChI=1S/C19H19BrN2O3/c1-12-4-2-7-16(18(12)22(24)25)19(23)21-17(13-5-3-6-13)14-8-10-15(20)11-9-14/h2,4,7-11,13,17H,3,5-6H2,1H3,(H,21,23)/t17-/m1/s1. The zero-order chi connectivity index (χ0) is 18.0. The van der Waals surface area contributed by atoms with Crippen LogP contribution in [0.3, 0.4) is 0 Å². The predicted octanol–water partition coefficient (Wildman–Crippen LogP) is 4.94. The molecule has 0 spiro atoms. The van der Waals surface area contributed by atoms with Crippen LogP contribution >= 0.6 is 15.9 Å². The van der Waals surface area contributed by atoms with Gasteiger partial charge in [0.05, 0.1) is 11.0 Å². The van der Waals surface area contributed by atoms with Gasteiger partial charge < -0.3 is 5.32 Å². The van der Waals surface area contributed by atoms with Crippen LogP contribution in [0.5, 0.6) is 0 Å². The van der Waals surface area contributed by atoms with Crippen LogP contribution in [-0.2, 0) is 0 Å². The lowest BCUT2D eigenvalue weighted by Gasteiger charge is -2.34. The first-order chi connectivity index (χ1) is 12.0. The van der Waals surface area contributed by atoms with E-state index in [-0.39, 0.29) is 17.3 Å². The van der Waals surface area contributed by atoms with Crippen molar-refractivity contribution < 1.29 is 9.72 Å². The van der Waals surface area contributed by atoms with Crippen molar-refractivity contribution in [3.63, 3.8) is 0 Å². The van der Waals surface area contributed by atoms with E-state index in [9.17, 15) is 14.9 Å². The molecule has 1 amide bonds. The summed E-state index contributed by atoms with van der Waals surface area (Å²) in [5, 5.41) is 14.4. The summed E-state index contributed by atoms with van der Waals surface area (Å²) in [4.78, 5) is 23.7. The van der Waals surface area contributed by atoms with Crippen LogP contribution in [0, 0.1) is 23.0 Å². The summed E-state index contributed by atoms with van der Waals surface area (Å²) in [5.41, 5.74) is 1.51. The van der Waals surface area contributed by atoms with Gasteiger partial charge in [-0.1, -0.05) is 46.6 Å². The Hall–Kier alpha value is -2.21. The molecule has 0 saturated heterocycles. The van der Waals surface area contributed by atoms with Crippen molar-refractivity contribution in [1.29, 1.82) is 0 Å². The van der Waals surface area contributed by atoms with Crippen LogP contribution in [0.15, 0.2) is 46.9 Å². The van der Waals surface area contributed by atoms with Gasteiger partial charge in [-0.25, -0.2) is 0 Å². The molecule has 130 valence electrons. The molecule has 1 aliphatic carbocycles. The second-order valence-electron chi connectivity index (χ2n) is 6.42. The number of carbonyl (C=O) groups excluding carboxylic acids is 1. The summed E-state index contributed by atoms with van der Waals surface area (Å²) in [6.07, 6.45) is 3.26. The first-order valence-corrected chi connectivity index (χ1v) is 9.07. The van der Waals surface area contributed by atoms with Crippen molar-refractivity contribution in [1.82, 2.24) is 5.32 Å². The number of nitrogens with one attached hydrogen (secondary N) is 1. The van der Waals surface area contributed by atoms with Gasteiger partial charge in [-0.15, -0.1) is 0 Å². The number of hydrogen-bond acceptors (Lipinski definition) is 3. The minimum Gasteiger partial charge on any atom is -0.345 e. The third-order valence-corrected chi connectivity index (χ3v) is 5.33. The Morgan fingerprint density at radius 3 is 2.48 bits per heavy atom. The fourth-order valence-corrected chi connectivity index (χ4v) is 3.48. The largest absolute Gasteiger partial charge is 0.345 e. The van der Waals surface area contributed by atoms with Gasteiger partial charge in [-0.3, -0.25) is 14.9 Å². The van der Waals surface area contributed by atoms with E-state index in [4.69, 9.17) is 0 Å². The second kappa shape index (κ2) is 7.35. The van der Waals surface area contributed by atoms with Crippen molar-refractivity contribution in [2.24, 2.45) is 5.92 Å². The third-order valence-electron chi connectivity index (χ3n) is 4.80. The average Bonchev–Trinajstić information content (AvgIpc) is 2.52. The van der Waals surface area contributed by atoms with Gasteiger partial charge in [0.1, 0.15) is 5.56 Å². The SMILES string of the molecule is Cc1cccc(C(=O)N[C@@H](c2ccc(Br)cc2)C2CCC2)c1[N+](=O)[O-]. The van der Waals surface area contributed by atoms with Crippen molar-refractivity contribution in [2.75, 3.05) is 0 Å². The molecule has 3 rings (SSSR count). The molecule has 0 aromatic heterocycles. The molecule has 5 nitrogen and oxygen atoms in total. The molecule has 1 atom stereocenters. The summed E-state index contributed by atoms with van der Waals surface area (Å²) in [6, 6.07) is 12.6. The molecule has 0 radical (unpaired) electrons. The summed E-state index contributed by atoms with van der Waals surface area (Å²) in [7, 11) is 0. The molecule has 1 aliphatic rings. The van der Waals surface area contributed by atoms with Gasteiger partial charge in [-0.05, 0) is 49.4 Å². The zero-order valence-corrected chi connectivity index (χ0v) is 15.5. The lowest BCUT2D eigenvalue weighted by atomic mass is 9.77. The highest BCUT2D eigenvalue weighted by molar-refractivity contribution is 9.10. The number of nitro groups is 1. The van der Waals surface area contributed by atoms with E-state index in [2.05, 4.69) is 21.2 Å². The fraction of sp³-hybridized carbons (Fsp3) is 0.316. The molecule has 0 bridgehead atoms. The van der Waals surface area contributed by atoms with Crippen LogP contribution in [-0.4, -0.2) is 10.8 Å². The molecule has 2 aromatic rings. The summed E-state index contributed by atoms with van der Waals surface area (Å²) in [6.45, 7) is 1.65. The molecule has 6 heteroatoms. The Labute approximate surface area is 154 Å². The topological polar surface area (TPSA) is 72.2 Å². The van der Waals surface area contributed by atoms with Crippen LogP contribution in [0.1, 0.15) is 46.8 Å². The molecule has 2 aromatic carbocycles. The van der Waals surface area contributed by atoms with Gasteiger partial charge in [0.25, 0.3) is 11.6 Å². The van der Waals surface area contributed by atoms with E-state index in [0.717, 1.165) is 29.3 Å². The molecule has 1 fully saturated rings. The number of rotatable bonds is 5. The minimum atomic E-state index is -0.484. The summed E-state index contributed by atoms with van der Waals surface area (Å²) >= 11 is 3.42. The van der Waals surface area contributed by atoms with Crippen molar-refractivity contribution in [3.05, 3.63) is 73.7 Å². The monoisotopic (exact) mass is 402 g/mol. The van der Waals surface area contributed by atoms with Crippen molar-refractivity contribution >= 4 is 27.5 Å². The number of halogens is 1. The number of amides is 1. The molecule has 1 saturated carbocycles. The van der Waals surface area contributed by atoms with Crippen LogP contribution in [0.25, 0.3) is 0 Å². The number of hydrogen-bond donors (Lipinski definition) is 1. The maximum absolute atomic E-state index is 12.8. The van der Waals surface area contributed by atoms with Gasteiger partial charge in [0.2, 0.25) is 0 Å². The number of para-hydroxylation sites is 1. The molecule has 0 unspecified atom stereocenters. The van der Waals surface area contributed by atoms with E-state index in [1.54, 1.807) is 19.1 Å². The van der Waals surface area contributed by atoms with E-state index >= 15 is 0 Å². The Morgan fingerprint density at radius 1 is 1.24 bits per heavy atom. The van der Waals surface area contributed by atoms with Crippen LogP contribution < -0.4 is 5.32 Å². The number of carbonyl (C=O) groups is 1. The van der Waals surface area contributed by atoms with Gasteiger partial charge in [0.15, 0.2) is 0 Å². The summed E-state index contributed by atoms with van der Waals surface area (Å²) in [5.74, 6) is -0.0239. The van der Waals surface area contributed by atoms with E-state index in [1.165, 1.54) is 6.07 Å². The Balaban J connectivity index is 1.90. The quantitative estimate of drug-likeness (QED) is 0.568. The smallest absolute Gasteiger partial charge is 0.285 e. The Kier molecular flexibility index (Phi) is 5.18. The van der Waals surface area contributed by atoms with Crippen molar-refractivity contribution in [2.45, 2.75) is 32.2 Å². The number of nitro benzene ring substituents is 1. The Bertz CT molecular complexity index is 801. The fourth-order valence-electron chi connectivity index (χ4n) is 3.22. The van der Waals surface area contributed by atoms with Gasteiger partial charge in [-0.2, -0.15) is 0 Å². The van der Waals surface area contributed by atoms with E-state index in [0.29, 0.717) is 11.5 Å². The highest BCUT2D eigenvalue weighted by Crippen LogP contribution is 2.38. The zero-order valence-electron chi connectivity index (χ0n) is 13.9. The predicted molar refractivity (Wildman–Crippen MR) is 99.5 cm³/mol. The number of benzene rings is 2. The normalized spacial score (nSPS) is 15.3. The van der Waals surface area contributed by atoms with Crippen LogP contribution in [0.4, 0.5) is 5.69 Å². The first kappa shape index (κ1) is 17.6. The number of nitrogens with zero attached hydrogens (tertiary/aromatic N) is 1. The second-order valence-corrected chi connectivity index (χ2v) is 7.34. The maximum atomic E-state index is 12.8. The minimum absolute atomic E-state index is 0.117. The number of aryl methyl sites for hydroxylation is 1. The highest BCUT2D eigenvalue weighted by atomic mass is 79.9. The molecular formula is C19H19BrN2O3. The van der Waals surface area contributed by atoms with E-state index in [1.807, 2.05) is 24.3 Å². The maximum Gasteiger partial charge on any atom is 0.285 e. The van der Waals surface area contributed by atoms with Gasteiger partial charge in [0, 0.05) is 10.0 Å². The van der Waals surface area contributed by atoms with Crippen molar-refractivity contribution in [3.8, 4) is 0 Å².